The fourth-order valence-electron chi connectivity index (χ4n) is 1.76. The molecule has 98 valence electrons. The first kappa shape index (κ1) is 11.7. The minimum Gasteiger partial charge on any atom is -0.397 e. The number of nitrogen functional groups attached to an aromatic ring is 2. The maximum absolute atomic E-state index is 8.99. The SMILES string of the molecule is N#Cc1cnc2c(N)nc(Nc3ccccc3N)nn12. The van der Waals surface area contributed by atoms with Crippen molar-refractivity contribution in [2.45, 2.75) is 0 Å². The Kier molecular flexibility index (Phi) is 2.58. The summed E-state index contributed by atoms with van der Waals surface area (Å²) in [7, 11) is 0. The van der Waals surface area contributed by atoms with E-state index in [1.807, 2.05) is 18.2 Å². The van der Waals surface area contributed by atoms with E-state index < -0.39 is 0 Å². The molecule has 8 heteroatoms. The molecule has 2 heterocycles. The van der Waals surface area contributed by atoms with Gasteiger partial charge in [0.2, 0.25) is 5.95 Å². The smallest absolute Gasteiger partial charge is 0.247 e. The fraction of sp³-hybridized carbons (Fsp3) is 0. The first-order valence-corrected chi connectivity index (χ1v) is 5.72. The van der Waals surface area contributed by atoms with Gasteiger partial charge in [0.25, 0.3) is 0 Å². The Balaban J connectivity index is 2.09. The van der Waals surface area contributed by atoms with Crippen molar-refractivity contribution in [1.82, 2.24) is 19.6 Å². The second kappa shape index (κ2) is 4.40. The van der Waals surface area contributed by atoms with Crippen molar-refractivity contribution in [2.24, 2.45) is 0 Å². The van der Waals surface area contributed by atoms with Crippen molar-refractivity contribution < 1.29 is 0 Å². The molecule has 0 saturated carbocycles. The molecule has 0 saturated heterocycles. The number of nitrogens with one attached hydrogen (secondary N) is 1. The van der Waals surface area contributed by atoms with Crippen LogP contribution in [0.1, 0.15) is 5.69 Å². The largest absolute Gasteiger partial charge is 0.397 e. The Morgan fingerprint density at radius 2 is 2.05 bits per heavy atom. The van der Waals surface area contributed by atoms with Gasteiger partial charge in [-0.25, -0.2) is 4.98 Å². The first-order valence-electron chi connectivity index (χ1n) is 5.72. The third kappa shape index (κ3) is 1.83. The van der Waals surface area contributed by atoms with E-state index >= 15 is 0 Å². The molecular weight excluding hydrogens is 256 g/mol. The number of nitriles is 1. The number of benzene rings is 1. The third-order valence-electron chi connectivity index (χ3n) is 2.71. The lowest BCUT2D eigenvalue weighted by Crippen LogP contribution is -2.08. The van der Waals surface area contributed by atoms with Crippen LogP contribution in [0.25, 0.3) is 5.65 Å². The van der Waals surface area contributed by atoms with Crippen molar-refractivity contribution >= 4 is 28.8 Å². The first-order chi connectivity index (χ1) is 9.69. The van der Waals surface area contributed by atoms with Crippen LogP contribution in [0.2, 0.25) is 0 Å². The Bertz CT molecular complexity index is 829. The number of anilines is 4. The van der Waals surface area contributed by atoms with E-state index in [9.17, 15) is 0 Å². The van der Waals surface area contributed by atoms with Gasteiger partial charge in [-0.2, -0.15) is 14.8 Å². The standard InChI is InChI=1S/C12H10N8/c13-5-7-6-16-11-10(15)18-12(19-20(7)11)17-9-4-2-1-3-8(9)14/h1-4,6H,14H2,(H3,15,17,18,19). The molecule has 0 spiro atoms. The predicted octanol–water partition coefficient (Wildman–Crippen LogP) is 0.904. The summed E-state index contributed by atoms with van der Waals surface area (Å²) in [5.74, 6) is 0.418. The van der Waals surface area contributed by atoms with Crippen LogP contribution in [0.15, 0.2) is 30.5 Å². The van der Waals surface area contributed by atoms with Gasteiger partial charge in [0, 0.05) is 0 Å². The zero-order chi connectivity index (χ0) is 14.1. The molecule has 0 unspecified atom stereocenters. The van der Waals surface area contributed by atoms with E-state index in [4.69, 9.17) is 16.7 Å². The summed E-state index contributed by atoms with van der Waals surface area (Å²) in [6.07, 6.45) is 1.39. The number of hydrogen-bond donors (Lipinski definition) is 3. The Labute approximate surface area is 113 Å². The number of para-hydroxylation sites is 2. The second-order valence-corrected chi connectivity index (χ2v) is 4.02. The maximum atomic E-state index is 8.99. The monoisotopic (exact) mass is 266 g/mol. The number of aromatic nitrogens is 4. The van der Waals surface area contributed by atoms with Gasteiger partial charge in [-0.05, 0) is 12.1 Å². The van der Waals surface area contributed by atoms with Gasteiger partial charge in [0.15, 0.2) is 17.2 Å². The van der Waals surface area contributed by atoms with E-state index in [-0.39, 0.29) is 17.5 Å². The molecule has 0 atom stereocenters. The molecule has 2 aromatic heterocycles. The predicted molar refractivity (Wildman–Crippen MR) is 74.0 cm³/mol. The van der Waals surface area contributed by atoms with E-state index in [0.29, 0.717) is 17.0 Å². The molecule has 1 aromatic carbocycles. The average molecular weight is 266 g/mol. The molecule has 0 bridgehead atoms. The number of rotatable bonds is 2. The highest BCUT2D eigenvalue weighted by molar-refractivity contribution is 5.71. The van der Waals surface area contributed by atoms with Crippen LogP contribution in [0.4, 0.5) is 23.1 Å². The van der Waals surface area contributed by atoms with E-state index in [2.05, 4.69) is 20.4 Å². The van der Waals surface area contributed by atoms with Gasteiger partial charge in [-0.1, -0.05) is 12.1 Å². The lowest BCUT2D eigenvalue weighted by atomic mass is 10.3. The lowest BCUT2D eigenvalue weighted by molar-refractivity contribution is 0.899. The van der Waals surface area contributed by atoms with E-state index in [1.165, 1.54) is 10.7 Å². The minimum absolute atomic E-state index is 0.179. The summed E-state index contributed by atoms with van der Waals surface area (Å²) in [4.78, 5) is 8.09. The van der Waals surface area contributed by atoms with Gasteiger partial charge >= 0.3 is 0 Å². The van der Waals surface area contributed by atoms with Gasteiger partial charge in [-0.15, -0.1) is 5.10 Å². The summed E-state index contributed by atoms with van der Waals surface area (Å²) in [6, 6.07) is 9.18. The fourth-order valence-corrected chi connectivity index (χ4v) is 1.76. The normalized spacial score (nSPS) is 10.3. The van der Waals surface area contributed by atoms with E-state index in [1.54, 1.807) is 12.1 Å². The molecule has 3 aromatic rings. The van der Waals surface area contributed by atoms with Crippen LogP contribution < -0.4 is 16.8 Å². The van der Waals surface area contributed by atoms with Crippen molar-refractivity contribution in [2.75, 3.05) is 16.8 Å². The molecular formula is C12H10N8. The summed E-state index contributed by atoms with van der Waals surface area (Å²) in [5.41, 5.74) is 13.5. The van der Waals surface area contributed by atoms with Crippen LogP contribution in [-0.2, 0) is 0 Å². The van der Waals surface area contributed by atoms with Crippen LogP contribution >= 0.6 is 0 Å². The molecule has 0 aliphatic rings. The minimum atomic E-state index is 0.179. The molecule has 5 N–H and O–H groups in total. The van der Waals surface area contributed by atoms with Gasteiger partial charge < -0.3 is 16.8 Å². The number of nitrogens with two attached hydrogens (primary N) is 2. The summed E-state index contributed by atoms with van der Waals surface area (Å²) in [6.45, 7) is 0. The van der Waals surface area contributed by atoms with Gasteiger partial charge in [-0.3, -0.25) is 0 Å². The van der Waals surface area contributed by atoms with Gasteiger partial charge in [0.05, 0.1) is 17.6 Å². The summed E-state index contributed by atoms with van der Waals surface area (Å²) in [5, 5.41) is 16.1. The highest BCUT2D eigenvalue weighted by atomic mass is 15.3. The second-order valence-electron chi connectivity index (χ2n) is 4.02. The zero-order valence-electron chi connectivity index (χ0n) is 10.3. The molecule has 0 fully saturated rings. The molecule has 3 rings (SSSR count). The lowest BCUT2D eigenvalue weighted by Gasteiger charge is -2.08. The van der Waals surface area contributed by atoms with Crippen molar-refractivity contribution in [3.8, 4) is 6.07 Å². The highest BCUT2D eigenvalue weighted by Gasteiger charge is 2.11. The molecule has 0 aliphatic carbocycles. The molecule has 0 aliphatic heterocycles. The highest BCUT2D eigenvalue weighted by Crippen LogP contribution is 2.21. The molecule has 8 nitrogen and oxygen atoms in total. The number of imidazole rings is 1. The summed E-state index contributed by atoms with van der Waals surface area (Å²) >= 11 is 0. The Morgan fingerprint density at radius 1 is 1.25 bits per heavy atom. The molecule has 20 heavy (non-hydrogen) atoms. The van der Waals surface area contributed by atoms with Gasteiger partial charge in [0.1, 0.15) is 6.07 Å². The number of fused-ring (bicyclic) bond motifs is 1. The van der Waals surface area contributed by atoms with Crippen LogP contribution in [-0.4, -0.2) is 19.6 Å². The third-order valence-corrected chi connectivity index (χ3v) is 2.71. The topological polar surface area (TPSA) is 131 Å². The molecule has 0 amide bonds. The number of nitrogens with zero attached hydrogens (tertiary/aromatic N) is 5. The quantitative estimate of drug-likeness (QED) is 0.587. The Hall–Kier alpha value is -3.34. The van der Waals surface area contributed by atoms with Crippen LogP contribution in [0.3, 0.4) is 0 Å². The number of hydrogen-bond acceptors (Lipinski definition) is 7. The van der Waals surface area contributed by atoms with Crippen LogP contribution in [0, 0.1) is 11.3 Å². The molecule has 0 radical (unpaired) electrons. The maximum Gasteiger partial charge on any atom is 0.247 e. The van der Waals surface area contributed by atoms with E-state index in [0.717, 1.165) is 0 Å². The Morgan fingerprint density at radius 3 is 2.80 bits per heavy atom. The average Bonchev–Trinajstić information content (AvgIpc) is 2.85. The van der Waals surface area contributed by atoms with Crippen molar-refractivity contribution in [3.63, 3.8) is 0 Å². The zero-order valence-corrected chi connectivity index (χ0v) is 10.3. The van der Waals surface area contributed by atoms with Crippen LogP contribution in [0.5, 0.6) is 0 Å². The summed E-state index contributed by atoms with van der Waals surface area (Å²) < 4.78 is 1.34. The van der Waals surface area contributed by atoms with Crippen molar-refractivity contribution in [3.05, 3.63) is 36.2 Å². The van der Waals surface area contributed by atoms with Crippen molar-refractivity contribution in [1.29, 1.82) is 5.26 Å².